The Morgan fingerprint density at radius 1 is 1.47 bits per heavy atom. The molecule has 17 heavy (non-hydrogen) atoms. The van der Waals surface area contributed by atoms with E-state index in [4.69, 9.17) is 17.3 Å². The molecule has 0 aliphatic carbocycles. The molecule has 92 valence electrons. The van der Waals surface area contributed by atoms with Crippen LogP contribution in [0.3, 0.4) is 0 Å². The van der Waals surface area contributed by atoms with E-state index in [1.165, 1.54) is 0 Å². The van der Waals surface area contributed by atoms with Gasteiger partial charge >= 0.3 is 0 Å². The Morgan fingerprint density at radius 3 is 2.88 bits per heavy atom. The molecule has 0 amide bonds. The summed E-state index contributed by atoms with van der Waals surface area (Å²) in [6.45, 7) is 2.14. The highest BCUT2D eigenvalue weighted by Crippen LogP contribution is 2.24. The van der Waals surface area contributed by atoms with Crippen molar-refractivity contribution in [1.82, 2.24) is 9.55 Å². The molecule has 1 heterocycles. The minimum Gasteiger partial charge on any atom is -0.330 e. The van der Waals surface area contributed by atoms with E-state index in [1.807, 2.05) is 29.8 Å². The van der Waals surface area contributed by atoms with Crippen LogP contribution in [-0.4, -0.2) is 15.6 Å². The summed E-state index contributed by atoms with van der Waals surface area (Å²) in [4.78, 5) is 4.59. The molecule has 1 unspecified atom stereocenters. The van der Waals surface area contributed by atoms with Gasteiger partial charge in [-0.25, -0.2) is 4.98 Å². The van der Waals surface area contributed by atoms with Crippen molar-refractivity contribution in [1.29, 1.82) is 0 Å². The molecule has 0 aliphatic rings. The number of imidazole rings is 1. The third-order valence-electron chi connectivity index (χ3n) is 3.04. The molecule has 2 N–H and O–H groups in total. The van der Waals surface area contributed by atoms with Gasteiger partial charge in [-0.05, 0) is 18.6 Å². The molecule has 2 rings (SSSR count). The van der Waals surface area contributed by atoms with Crippen LogP contribution in [-0.2, 0) is 13.5 Å². The van der Waals surface area contributed by atoms with Crippen LogP contribution in [0.25, 0.3) is 11.0 Å². The fourth-order valence-electron chi connectivity index (χ4n) is 2.16. The van der Waals surface area contributed by atoms with E-state index in [-0.39, 0.29) is 6.04 Å². The van der Waals surface area contributed by atoms with E-state index in [1.54, 1.807) is 0 Å². The zero-order valence-corrected chi connectivity index (χ0v) is 11.0. The molecule has 0 fully saturated rings. The first-order chi connectivity index (χ1) is 8.13. The van der Waals surface area contributed by atoms with Crippen molar-refractivity contribution in [2.24, 2.45) is 12.8 Å². The lowest BCUT2D eigenvalue weighted by atomic mass is 10.1. The van der Waals surface area contributed by atoms with Crippen molar-refractivity contribution in [2.45, 2.75) is 32.2 Å². The smallest absolute Gasteiger partial charge is 0.111 e. The molecule has 0 saturated carbocycles. The van der Waals surface area contributed by atoms with Crippen LogP contribution >= 0.6 is 11.6 Å². The molecule has 2 aromatic rings. The summed E-state index contributed by atoms with van der Waals surface area (Å²) in [6.07, 6.45) is 2.93. The molecule has 1 aromatic carbocycles. The number of hydrogen-bond donors (Lipinski definition) is 1. The van der Waals surface area contributed by atoms with Crippen LogP contribution in [0.5, 0.6) is 0 Å². The highest BCUT2D eigenvalue weighted by atomic mass is 35.5. The van der Waals surface area contributed by atoms with Gasteiger partial charge < -0.3 is 10.3 Å². The Bertz CT molecular complexity index is 519. The number of nitrogens with two attached hydrogens (primary N) is 1. The number of fused-ring (bicyclic) bond motifs is 1. The molecule has 3 nitrogen and oxygen atoms in total. The van der Waals surface area contributed by atoms with Crippen molar-refractivity contribution in [2.75, 3.05) is 0 Å². The van der Waals surface area contributed by atoms with Gasteiger partial charge in [0.1, 0.15) is 5.82 Å². The lowest BCUT2D eigenvalue weighted by molar-refractivity contribution is 0.576. The lowest BCUT2D eigenvalue weighted by Gasteiger charge is -2.09. The Morgan fingerprint density at radius 2 is 2.24 bits per heavy atom. The molecule has 0 saturated heterocycles. The number of halogens is 1. The average molecular weight is 252 g/mol. The van der Waals surface area contributed by atoms with Gasteiger partial charge in [0, 0.05) is 19.5 Å². The van der Waals surface area contributed by atoms with Gasteiger partial charge in [-0.2, -0.15) is 0 Å². The van der Waals surface area contributed by atoms with Crippen LogP contribution in [0, 0.1) is 0 Å². The zero-order valence-electron chi connectivity index (χ0n) is 10.3. The monoisotopic (exact) mass is 251 g/mol. The van der Waals surface area contributed by atoms with E-state index in [0.717, 1.165) is 41.1 Å². The molecule has 1 aromatic heterocycles. The first-order valence-corrected chi connectivity index (χ1v) is 6.36. The number of para-hydroxylation sites is 1. The van der Waals surface area contributed by atoms with Crippen LogP contribution in [0.4, 0.5) is 0 Å². The summed E-state index contributed by atoms with van der Waals surface area (Å²) in [5.74, 6) is 1.01. The van der Waals surface area contributed by atoms with Gasteiger partial charge in [0.05, 0.1) is 16.1 Å². The summed E-state index contributed by atoms with van der Waals surface area (Å²) in [7, 11) is 2.00. The van der Waals surface area contributed by atoms with Gasteiger partial charge in [-0.1, -0.05) is 31.0 Å². The third-order valence-corrected chi connectivity index (χ3v) is 3.35. The fraction of sp³-hybridized carbons (Fsp3) is 0.462. The second-order valence-corrected chi connectivity index (χ2v) is 4.85. The molecule has 0 radical (unpaired) electrons. The highest BCUT2D eigenvalue weighted by Gasteiger charge is 2.12. The zero-order chi connectivity index (χ0) is 12.4. The van der Waals surface area contributed by atoms with Crippen LogP contribution in [0.1, 0.15) is 25.6 Å². The summed E-state index contributed by atoms with van der Waals surface area (Å²) in [6, 6.07) is 5.97. The van der Waals surface area contributed by atoms with Crippen molar-refractivity contribution < 1.29 is 0 Å². The minimum atomic E-state index is 0.175. The largest absolute Gasteiger partial charge is 0.330 e. The predicted octanol–water partition coefficient (Wildman–Crippen LogP) is 2.90. The predicted molar refractivity (Wildman–Crippen MR) is 72.3 cm³/mol. The van der Waals surface area contributed by atoms with E-state index < -0.39 is 0 Å². The van der Waals surface area contributed by atoms with E-state index >= 15 is 0 Å². The maximum atomic E-state index is 6.18. The molecular weight excluding hydrogens is 234 g/mol. The maximum absolute atomic E-state index is 6.18. The van der Waals surface area contributed by atoms with Crippen molar-refractivity contribution in [3.63, 3.8) is 0 Å². The molecule has 4 heteroatoms. The first kappa shape index (κ1) is 12.4. The third kappa shape index (κ3) is 2.45. The second-order valence-electron chi connectivity index (χ2n) is 4.45. The second kappa shape index (κ2) is 5.07. The van der Waals surface area contributed by atoms with Crippen LogP contribution in [0.2, 0.25) is 5.02 Å². The first-order valence-electron chi connectivity index (χ1n) is 5.99. The minimum absolute atomic E-state index is 0.175. The lowest BCUT2D eigenvalue weighted by Crippen LogP contribution is -2.24. The summed E-state index contributed by atoms with van der Waals surface area (Å²) < 4.78 is 2.05. The van der Waals surface area contributed by atoms with Gasteiger partial charge in [0.25, 0.3) is 0 Å². The van der Waals surface area contributed by atoms with Crippen LogP contribution in [0.15, 0.2) is 18.2 Å². The maximum Gasteiger partial charge on any atom is 0.111 e. The normalized spacial score (nSPS) is 13.2. The molecular formula is C13H18ClN3. The fourth-order valence-corrected chi connectivity index (χ4v) is 2.46. The van der Waals surface area contributed by atoms with Crippen molar-refractivity contribution in [3.8, 4) is 0 Å². The highest BCUT2D eigenvalue weighted by molar-refractivity contribution is 6.35. The number of benzene rings is 1. The topological polar surface area (TPSA) is 43.8 Å². The van der Waals surface area contributed by atoms with Crippen molar-refractivity contribution in [3.05, 3.63) is 29.0 Å². The van der Waals surface area contributed by atoms with E-state index in [2.05, 4.69) is 11.9 Å². The SMILES string of the molecule is CCCC(N)Cc1nc2cccc(Cl)c2n1C. The van der Waals surface area contributed by atoms with Gasteiger partial charge in [0.15, 0.2) is 0 Å². The Kier molecular flexibility index (Phi) is 3.69. The van der Waals surface area contributed by atoms with Crippen LogP contribution < -0.4 is 5.73 Å². The Hall–Kier alpha value is -1.06. The van der Waals surface area contributed by atoms with Gasteiger partial charge in [-0.15, -0.1) is 0 Å². The molecule has 0 aliphatic heterocycles. The van der Waals surface area contributed by atoms with Gasteiger partial charge in [0.2, 0.25) is 0 Å². The average Bonchev–Trinajstić information content (AvgIpc) is 2.57. The van der Waals surface area contributed by atoms with Gasteiger partial charge in [-0.3, -0.25) is 0 Å². The quantitative estimate of drug-likeness (QED) is 0.908. The molecule has 0 bridgehead atoms. The Balaban J connectivity index is 2.36. The number of nitrogens with zero attached hydrogens (tertiary/aromatic N) is 2. The van der Waals surface area contributed by atoms with E-state index in [9.17, 15) is 0 Å². The number of rotatable bonds is 4. The molecule has 1 atom stereocenters. The summed E-state index contributed by atoms with van der Waals surface area (Å²) >= 11 is 6.18. The number of hydrogen-bond acceptors (Lipinski definition) is 2. The van der Waals surface area contributed by atoms with E-state index in [0.29, 0.717) is 0 Å². The number of aryl methyl sites for hydroxylation is 1. The van der Waals surface area contributed by atoms with Crippen molar-refractivity contribution >= 4 is 22.6 Å². The summed E-state index contributed by atoms with van der Waals surface area (Å²) in [5.41, 5.74) is 8.00. The number of aromatic nitrogens is 2. The summed E-state index contributed by atoms with van der Waals surface area (Å²) in [5, 5.41) is 0.743. The Labute approximate surface area is 107 Å². The standard InChI is InChI=1S/C13H18ClN3/c1-3-5-9(15)8-12-16-11-7-4-6-10(14)13(11)17(12)2/h4,6-7,9H,3,5,8,15H2,1-2H3. The molecule has 0 spiro atoms.